The summed E-state index contributed by atoms with van der Waals surface area (Å²) in [5.74, 6) is 0.415. The molecule has 1 amide bonds. The quantitative estimate of drug-likeness (QED) is 0.416. The van der Waals surface area contributed by atoms with Crippen molar-refractivity contribution in [3.63, 3.8) is 0 Å². The molecule has 0 aliphatic heterocycles. The number of fused-ring (bicyclic) bond motifs is 2. The van der Waals surface area contributed by atoms with Gasteiger partial charge in [-0.2, -0.15) is 0 Å². The molecular formula is C21H16N2O3S. The van der Waals surface area contributed by atoms with Crippen molar-refractivity contribution < 1.29 is 9.21 Å². The predicted molar refractivity (Wildman–Crippen MR) is 108 cm³/mol. The minimum Gasteiger partial charge on any atom is -0.423 e. The number of aromatic nitrogens is 1. The van der Waals surface area contributed by atoms with Crippen molar-refractivity contribution >= 4 is 45.2 Å². The minimum absolute atomic E-state index is 0.175. The molecule has 0 radical (unpaired) electrons. The summed E-state index contributed by atoms with van der Waals surface area (Å²) in [5, 5.41) is 5.53. The maximum Gasteiger partial charge on any atom is 0.336 e. The number of carbonyl (C=O) groups is 1. The summed E-state index contributed by atoms with van der Waals surface area (Å²) in [6, 6.07) is 18.8. The molecule has 6 heteroatoms. The molecule has 0 unspecified atom stereocenters. The number of nitrogens with one attached hydrogen (secondary N) is 1. The lowest BCUT2D eigenvalue weighted by atomic mass is 10.1. The van der Waals surface area contributed by atoms with Gasteiger partial charge in [0.15, 0.2) is 0 Å². The number of benzene rings is 2. The van der Waals surface area contributed by atoms with E-state index in [1.165, 1.54) is 13.0 Å². The average molecular weight is 376 g/mol. The fourth-order valence-electron chi connectivity index (χ4n) is 2.91. The second-order valence-corrected chi connectivity index (χ2v) is 7.11. The van der Waals surface area contributed by atoms with Gasteiger partial charge in [0.05, 0.1) is 10.5 Å². The molecule has 0 saturated heterocycles. The van der Waals surface area contributed by atoms with Crippen LogP contribution >= 0.6 is 11.8 Å². The van der Waals surface area contributed by atoms with Crippen LogP contribution in [0.15, 0.2) is 74.9 Å². The van der Waals surface area contributed by atoms with Crippen molar-refractivity contribution in [3.8, 4) is 0 Å². The lowest BCUT2D eigenvalue weighted by Crippen LogP contribution is -2.06. The second-order valence-electron chi connectivity index (χ2n) is 6.11. The first-order valence-electron chi connectivity index (χ1n) is 8.41. The summed E-state index contributed by atoms with van der Waals surface area (Å²) in [5.41, 5.74) is 2.45. The third kappa shape index (κ3) is 3.85. The molecule has 2 heterocycles. The molecule has 0 fully saturated rings. The molecule has 2 aromatic carbocycles. The number of carbonyl (C=O) groups excluding carboxylic acids is 1. The third-order valence-corrected chi connectivity index (χ3v) is 5.08. The summed E-state index contributed by atoms with van der Waals surface area (Å²) < 4.78 is 5.30. The van der Waals surface area contributed by atoms with Crippen molar-refractivity contribution in [1.29, 1.82) is 0 Å². The summed E-state index contributed by atoms with van der Waals surface area (Å²) in [7, 11) is 0. The number of hydrogen-bond acceptors (Lipinski definition) is 5. The van der Waals surface area contributed by atoms with Crippen molar-refractivity contribution in [1.82, 2.24) is 4.98 Å². The topological polar surface area (TPSA) is 72.2 Å². The van der Waals surface area contributed by atoms with Gasteiger partial charge in [-0.25, -0.2) is 9.78 Å². The van der Waals surface area contributed by atoms with Crippen molar-refractivity contribution in [2.24, 2.45) is 0 Å². The highest BCUT2D eigenvalue weighted by Crippen LogP contribution is 2.28. The smallest absolute Gasteiger partial charge is 0.336 e. The summed E-state index contributed by atoms with van der Waals surface area (Å²) >= 11 is 1.57. The number of thioether (sulfide) groups is 1. The van der Waals surface area contributed by atoms with E-state index < -0.39 is 5.63 Å². The number of rotatable bonds is 4. The number of anilines is 1. The average Bonchev–Trinajstić information content (AvgIpc) is 2.65. The lowest BCUT2D eigenvalue weighted by Gasteiger charge is -2.08. The van der Waals surface area contributed by atoms with Crippen molar-refractivity contribution in [2.75, 3.05) is 5.32 Å². The van der Waals surface area contributed by atoms with Gasteiger partial charge in [-0.05, 0) is 29.8 Å². The van der Waals surface area contributed by atoms with E-state index in [1.807, 2.05) is 42.5 Å². The SMILES string of the molecule is CC(=O)Nc1ccc2c(CSc3ccc4ccccc4n3)cc(=O)oc2c1. The Morgan fingerprint density at radius 3 is 2.81 bits per heavy atom. The van der Waals surface area contributed by atoms with E-state index in [1.54, 1.807) is 23.9 Å². The van der Waals surface area contributed by atoms with Gasteiger partial charge in [0.1, 0.15) is 5.58 Å². The normalized spacial score (nSPS) is 11.0. The monoisotopic (exact) mass is 376 g/mol. The molecule has 0 bridgehead atoms. The first-order chi connectivity index (χ1) is 13.1. The highest BCUT2D eigenvalue weighted by molar-refractivity contribution is 7.98. The van der Waals surface area contributed by atoms with Gasteiger partial charge < -0.3 is 9.73 Å². The van der Waals surface area contributed by atoms with E-state index in [-0.39, 0.29) is 5.91 Å². The Balaban J connectivity index is 1.64. The highest BCUT2D eigenvalue weighted by atomic mass is 32.2. The molecular weight excluding hydrogens is 360 g/mol. The minimum atomic E-state index is -0.412. The van der Waals surface area contributed by atoms with Gasteiger partial charge in [0.25, 0.3) is 0 Å². The van der Waals surface area contributed by atoms with E-state index in [9.17, 15) is 9.59 Å². The summed E-state index contributed by atoms with van der Waals surface area (Å²) in [6.07, 6.45) is 0. The lowest BCUT2D eigenvalue weighted by molar-refractivity contribution is -0.114. The molecule has 0 atom stereocenters. The van der Waals surface area contributed by atoms with Gasteiger partial charge in [-0.15, -0.1) is 11.8 Å². The Hall–Kier alpha value is -3.12. The zero-order valence-electron chi connectivity index (χ0n) is 14.6. The van der Waals surface area contributed by atoms with Crippen LogP contribution in [0.2, 0.25) is 0 Å². The van der Waals surface area contributed by atoms with Crippen LogP contribution in [0, 0.1) is 0 Å². The Bertz CT molecular complexity index is 1220. The zero-order chi connectivity index (χ0) is 18.8. The van der Waals surface area contributed by atoms with Crippen LogP contribution < -0.4 is 10.9 Å². The van der Waals surface area contributed by atoms with E-state index in [4.69, 9.17) is 4.42 Å². The predicted octanol–water partition coefficient (Wildman–Crippen LogP) is 4.59. The fraction of sp³-hybridized carbons (Fsp3) is 0.0952. The Morgan fingerprint density at radius 2 is 1.96 bits per heavy atom. The van der Waals surface area contributed by atoms with E-state index in [0.717, 1.165) is 26.9 Å². The Labute approximate surface area is 159 Å². The highest BCUT2D eigenvalue weighted by Gasteiger charge is 2.09. The van der Waals surface area contributed by atoms with Crippen LogP contribution in [0.4, 0.5) is 5.69 Å². The van der Waals surface area contributed by atoms with Gasteiger partial charge in [0.2, 0.25) is 5.91 Å². The largest absolute Gasteiger partial charge is 0.423 e. The molecule has 1 N–H and O–H groups in total. The van der Waals surface area contributed by atoms with Gasteiger partial charge >= 0.3 is 5.63 Å². The summed E-state index contributed by atoms with van der Waals surface area (Å²) in [6.45, 7) is 1.43. The third-order valence-electron chi connectivity index (χ3n) is 4.10. The molecule has 27 heavy (non-hydrogen) atoms. The van der Waals surface area contributed by atoms with Crippen LogP contribution in [0.5, 0.6) is 0 Å². The van der Waals surface area contributed by atoms with E-state index >= 15 is 0 Å². The first-order valence-corrected chi connectivity index (χ1v) is 9.40. The molecule has 4 rings (SSSR count). The van der Waals surface area contributed by atoms with Crippen LogP contribution in [-0.4, -0.2) is 10.9 Å². The number of amides is 1. The fourth-order valence-corrected chi connectivity index (χ4v) is 3.78. The molecule has 0 aliphatic carbocycles. The first kappa shape index (κ1) is 17.3. The number of nitrogens with zero attached hydrogens (tertiary/aromatic N) is 1. The Kier molecular flexibility index (Phi) is 4.64. The van der Waals surface area contributed by atoms with Crippen LogP contribution in [0.25, 0.3) is 21.9 Å². The van der Waals surface area contributed by atoms with Crippen LogP contribution in [-0.2, 0) is 10.5 Å². The maximum absolute atomic E-state index is 11.9. The van der Waals surface area contributed by atoms with Gasteiger partial charge in [-0.1, -0.05) is 24.3 Å². The van der Waals surface area contributed by atoms with Crippen molar-refractivity contribution in [3.05, 3.63) is 76.6 Å². The molecule has 0 aliphatic rings. The van der Waals surface area contributed by atoms with Crippen LogP contribution in [0.1, 0.15) is 12.5 Å². The number of para-hydroxylation sites is 1. The Morgan fingerprint density at radius 1 is 1.11 bits per heavy atom. The molecule has 4 aromatic rings. The molecule has 134 valence electrons. The molecule has 0 spiro atoms. The van der Waals surface area contributed by atoms with Gasteiger partial charge in [-0.3, -0.25) is 4.79 Å². The maximum atomic E-state index is 11.9. The molecule has 5 nitrogen and oxygen atoms in total. The zero-order valence-corrected chi connectivity index (χ0v) is 15.4. The standard InChI is InChI=1S/C21H16N2O3S/c1-13(24)22-16-7-8-17-15(10-21(25)26-19(17)11-16)12-27-20-9-6-14-4-2-3-5-18(14)23-20/h2-11H,12H2,1H3,(H,22,24). The molecule has 2 aromatic heterocycles. The molecule has 0 saturated carbocycles. The number of pyridine rings is 1. The van der Waals surface area contributed by atoms with Crippen LogP contribution in [0.3, 0.4) is 0 Å². The van der Waals surface area contributed by atoms with Gasteiger partial charge in [0, 0.05) is 41.3 Å². The summed E-state index contributed by atoms with van der Waals surface area (Å²) in [4.78, 5) is 27.8. The van der Waals surface area contributed by atoms with E-state index in [2.05, 4.69) is 10.3 Å². The second kappa shape index (κ2) is 7.25. The van der Waals surface area contributed by atoms with Crippen molar-refractivity contribution in [2.45, 2.75) is 17.7 Å². The van der Waals surface area contributed by atoms with E-state index in [0.29, 0.717) is 17.0 Å². The number of hydrogen-bond donors (Lipinski definition) is 1.